The maximum atomic E-state index is 12.1. The molecule has 1 saturated carbocycles. The smallest absolute Gasteiger partial charge is 0.243 e. The second-order valence-corrected chi connectivity index (χ2v) is 8.14. The van der Waals surface area contributed by atoms with Crippen LogP contribution in [0.4, 0.5) is 5.69 Å². The Morgan fingerprint density at radius 3 is 2.56 bits per heavy atom. The van der Waals surface area contributed by atoms with E-state index in [1.165, 1.54) is 30.6 Å². The summed E-state index contributed by atoms with van der Waals surface area (Å²) in [4.78, 5) is 37.5. The van der Waals surface area contributed by atoms with Crippen LogP contribution in [0.1, 0.15) is 44.1 Å². The molecule has 2 N–H and O–H groups in total. The number of benzene rings is 1. The molecule has 0 aromatic heterocycles. The van der Waals surface area contributed by atoms with Crippen molar-refractivity contribution in [3.8, 4) is 0 Å². The second-order valence-electron chi connectivity index (χ2n) is 7.22. The topological polar surface area (TPSA) is 78.5 Å². The third-order valence-electron chi connectivity index (χ3n) is 4.96. The van der Waals surface area contributed by atoms with Gasteiger partial charge in [-0.2, -0.15) is 0 Å². The lowest BCUT2D eigenvalue weighted by molar-refractivity contribution is -0.134. The van der Waals surface area contributed by atoms with Crippen LogP contribution < -0.4 is 10.6 Å². The normalized spacial score (nSPS) is 14.0. The Kier molecular flexibility index (Phi) is 8.28. The molecule has 0 radical (unpaired) electrons. The van der Waals surface area contributed by atoms with Crippen molar-refractivity contribution in [3.63, 3.8) is 0 Å². The molecule has 3 amide bonds. The first kappa shape index (κ1) is 21.4. The summed E-state index contributed by atoms with van der Waals surface area (Å²) < 4.78 is 0.939. The van der Waals surface area contributed by atoms with Gasteiger partial charge in [-0.1, -0.05) is 41.6 Å². The van der Waals surface area contributed by atoms with Crippen molar-refractivity contribution in [2.24, 2.45) is 5.92 Å². The molecule has 0 spiro atoms. The van der Waals surface area contributed by atoms with Crippen molar-refractivity contribution in [2.45, 2.75) is 45.4 Å². The molecule has 0 unspecified atom stereocenters. The Hall–Kier alpha value is -1.89. The maximum Gasteiger partial charge on any atom is 0.243 e. The zero-order chi connectivity index (χ0) is 19.8. The first-order valence-electron chi connectivity index (χ1n) is 9.42. The molecule has 0 bridgehead atoms. The van der Waals surface area contributed by atoms with Gasteiger partial charge in [-0.05, 0) is 43.0 Å². The fourth-order valence-corrected chi connectivity index (χ4v) is 3.77. The van der Waals surface area contributed by atoms with Gasteiger partial charge in [0, 0.05) is 23.6 Å². The lowest BCUT2D eigenvalue weighted by Crippen LogP contribution is -2.41. The van der Waals surface area contributed by atoms with Gasteiger partial charge in [0.15, 0.2) is 0 Å². The summed E-state index contributed by atoms with van der Waals surface area (Å²) in [6, 6.07) is 5.56. The van der Waals surface area contributed by atoms with Crippen molar-refractivity contribution < 1.29 is 14.4 Å². The highest BCUT2D eigenvalue weighted by Gasteiger charge is 2.17. The van der Waals surface area contributed by atoms with E-state index in [4.69, 9.17) is 0 Å². The van der Waals surface area contributed by atoms with E-state index in [1.807, 2.05) is 25.1 Å². The predicted octanol–water partition coefficient (Wildman–Crippen LogP) is 3.24. The summed E-state index contributed by atoms with van der Waals surface area (Å²) in [6.45, 7) is 1.76. The third kappa shape index (κ3) is 7.33. The summed E-state index contributed by atoms with van der Waals surface area (Å²) in [5, 5.41) is 5.46. The molecule has 1 aliphatic carbocycles. The van der Waals surface area contributed by atoms with Gasteiger partial charge in [0.25, 0.3) is 0 Å². The SMILES string of the molecule is Cc1cc(Br)ccc1NC(=O)CN(C)C(=O)CNC(=O)CCC1CCCC1. The van der Waals surface area contributed by atoms with E-state index >= 15 is 0 Å². The van der Waals surface area contributed by atoms with Gasteiger partial charge >= 0.3 is 0 Å². The Balaban J connectivity index is 1.69. The van der Waals surface area contributed by atoms with Crippen molar-refractivity contribution in [2.75, 3.05) is 25.5 Å². The highest BCUT2D eigenvalue weighted by Crippen LogP contribution is 2.28. The molecule has 1 aromatic rings. The largest absolute Gasteiger partial charge is 0.347 e. The zero-order valence-corrected chi connectivity index (χ0v) is 17.6. The molecule has 1 fully saturated rings. The fourth-order valence-electron chi connectivity index (χ4n) is 3.29. The van der Waals surface area contributed by atoms with Crippen LogP contribution in [0, 0.1) is 12.8 Å². The Morgan fingerprint density at radius 1 is 1.19 bits per heavy atom. The van der Waals surface area contributed by atoms with Crippen LogP contribution in [0.25, 0.3) is 0 Å². The number of amides is 3. The standard InChI is InChI=1S/C20H28BrN3O3/c1-14-11-16(21)8-9-17(14)23-19(26)13-24(2)20(27)12-22-18(25)10-7-15-5-3-4-6-15/h8-9,11,15H,3-7,10,12-13H2,1-2H3,(H,22,25)(H,23,26). The molecule has 0 heterocycles. The van der Waals surface area contributed by atoms with Crippen molar-refractivity contribution in [3.05, 3.63) is 28.2 Å². The van der Waals surface area contributed by atoms with Gasteiger partial charge in [-0.25, -0.2) is 0 Å². The molecule has 7 heteroatoms. The molecular formula is C20H28BrN3O3. The van der Waals surface area contributed by atoms with Crippen molar-refractivity contribution in [1.29, 1.82) is 0 Å². The van der Waals surface area contributed by atoms with Crippen LogP contribution in [-0.4, -0.2) is 42.8 Å². The first-order valence-corrected chi connectivity index (χ1v) is 10.2. The van der Waals surface area contributed by atoms with E-state index in [0.717, 1.165) is 16.5 Å². The molecule has 0 aliphatic heterocycles. The van der Waals surface area contributed by atoms with Crippen LogP contribution in [0.2, 0.25) is 0 Å². The number of anilines is 1. The van der Waals surface area contributed by atoms with Crippen LogP contribution >= 0.6 is 15.9 Å². The van der Waals surface area contributed by atoms with Gasteiger partial charge < -0.3 is 15.5 Å². The van der Waals surface area contributed by atoms with E-state index in [2.05, 4.69) is 26.6 Å². The summed E-state index contributed by atoms with van der Waals surface area (Å²) in [5.41, 5.74) is 1.64. The number of hydrogen-bond acceptors (Lipinski definition) is 3. The average Bonchev–Trinajstić information content (AvgIpc) is 3.13. The predicted molar refractivity (Wildman–Crippen MR) is 109 cm³/mol. The van der Waals surface area contributed by atoms with E-state index < -0.39 is 0 Å². The molecule has 0 saturated heterocycles. The summed E-state index contributed by atoms with van der Waals surface area (Å²) in [7, 11) is 1.56. The van der Waals surface area contributed by atoms with Gasteiger partial charge in [0.2, 0.25) is 17.7 Å². The highest BCUT2D eigenvalue weighted by molar-refractivity contribution is 9.10. The minimum absolute atomic E-state index is 0.0632. The minimum Gasteiger partial charge on any atom is -0.347 e. The second kappa shape index (κ2) is 10.4. The molecule has 2 rings (SSSR count). The molecule has 6 nitrogen and oxygen atoms in total. The number of aryl methyl sites for hydroxylation is 1. The number of nitrogens with one attached hydrogen (secondary N) is 2. The fraction of sp³-hybridized carbons (Fsp3) is 0.550. The number of carbonyl (C=O) groups excluding carboxylic acids is 3. The molecule has 0 atom stereocenters. The number of likely N-dealkylation sites (N-methyl/N-ethyl adjacent to an activating group) is 1. The quantitative estimate of drug-likeness (QED) is 0.654. The Labute approximate surface area is 169 Å². The highest BCUT2D eigenvalue weighted by atomic mass is 79.9. The summed E-state index contributed by atoms with van der Waals surface area (Å²) in [5.74, 6) is -0.00537. The average molecular weight is 438 g/mol. The lowest BCUT2D eigenvalue weighted by atomic mass is 10.0. The molecule has 148 valence electrons. The van der Waals surface area contributed by atoms with E-state index in [0.29, 0.717) is 18.0 Å². The van der Waals surface area contributed by atoms with Gasteiger partial charge in [-0.15, -0.1) is 0 Å². The molecular weight excluding hydrogens is 410 g/mol. The number of nitrogens with zero attached hydrogens (tertiary/aromatic N) is 1. The van der Waals surface area contributed by atoms with Gasteiger partial charge in [0.05, 0.1) is 13.1 Å². The zero-order valence-electron chi connectivity index (χ0n) is 16.0. The lowest BCUT2D eigenvalue weighted by Gasteiger charge is -2.18. The maximum absolute atomic E-state index is 12.1. The van der Waals surface area contributed by atoms with Crippen LogP contribution in [0.3, 0.4) is 0 Å². The van der Waals surface area contributed by atoms with E-state index in [-0.39, 0.29) is 30.8 Å². The van der Waals surface area contributed by atoms with Crippen molar-refractivity contribution >= 4 is 39.3 Å². The number of halogens is 1. The molecule has 1 aliphatic rings. The van der Waals surface area contributed by atoms with E-state index in [9.17, 15) is 14.4 Å². The van der Waals surface area contributed by atoms with E-state index in [1.54, 1.807) is 7.05 Å². The molecule has 1 aromatic carbocycles. The number of carbonyl (C=O) groups is 3. The Bertz CT molecular complexity index is 687. The minimum atomic E-state index is -0.285. The van der Waals surface area contributed by atoms with Crippen LogP contribution in [0.15, 0.2) is 22.7 Å². The van der Waals surface area contributed by atoms with Gasteiger partial charge in [0.1, 0.15) is 0 Å². The number of rotatable bonds is 8. The number of hydrogen-bond donors (Lipinski definition) is 2. The molecule has 27 heavy (non-hydrogen) atoms. The monoisotopic (exact) mass is 437 g/mol. The van der Waals surface area contributed by atoms with Crippen molar-refractivity contribution in [1.82, 2.24) is 10.2 Å². The van der Waals surface area contributed by atoms with Crippen LogP contribution in [0.5, 0.6) is 0 Å². The van der Waals surface area contributed by atoms with Gasteiger partial charge in [-0.3, -0.25) is 14.4 Å². The first-order chi connectivity index (χ1) is 12.8. The summed E-state index contributed by atoms with van der Waals surface area (Å²) >= 11 is 3.38. The van der Waals surface area contributed by atoms with Crippen LogP contribution in [-0.2, 0) is 14.4 Å². The summed E-state index contributed by atoms with van der Waals surface area (Å²) in [6.07, 6.45) is 6.30. The third-order valence-corrected chi connectivity index (χ3v) is 5.45. The Morgan fingerprint density at radius 2 is 1.89 bits per heavy atom.